The van der Waals surface area contributed by atoms with Crippen molar-refractivity contribution in [1.82, 2.24) is 5.01 Å². The molecule has 2 aliphatic carbocycles. The van der Waals surface area contributed by atoms with Crippen molar-refractivity contribution in [2.24, 2.45) is 16.1 Å². The largest absolute Gasteiger partial charge is 0.255 e. The van der Waals surface area contributed by atoms with Crippen LogP contribution in [0.3, 0.4) is 0 Å². The predicted molar refractivity (Wildman–Crippen MR) is 88.9 cm³/mol. The highest BCUT2D eigenvalue weighted by Crippen LogP contribution is 2.39. The maximum absolute atomic E-state index is 11.5. The maximum atomic E-state index is 11.5. The van der Waals surface area contributed by atoms with Crippen molar-refractivity contribution >= 4 is 0 Å². The van der Waals surface area contributed by atoms with Gasteiger partial charge in [0.05, 0.1) is 17.4 Å². The van der Waals surface area contributed by atoms with E-state index < -0.39 is 0 Å². The van der Waals surface area contributed by atoms with Crippen LogP contribution in [0.25, 0.3) is 0 Å². The van der Waals surface area contributed by atoms with E-state index in [-0.39, 0.29) is 0 Å². The first-order valence-corrected chi connectivity index (χ1v) is 8.95. The quantitative estimate of drug-likeness (QED) is 0.380. The van der Waals surface area contributed by atoms with Crippen LogP contribution in [0.1, 0.15) is 91.9 Å². The zero-order chi connectivity index (χ0) is 15.5. The second kappa shape index (κ2) is 6.66. The molecule has 21 heavy (non-hydrogen) atoms. The van der Waals surface area contributed by atoms with Crippen molar-refractivity contribution in [1.29, 1.82) is 0 Å². The van der Waals surface area contributed by atoms with E-state index in [1.54, 1.807) is 0 Å². The van der Waals surface area contributed by atoms with Gasteiger partial charge in [0.2, 0.25) is 0 Å². The van der Waals surface area contributed by atoms with Crippen molar-refractivity contribution in [2.45, 2.75) is 104 Å². The summed E-state index contributed by atoms with van der Waals surface area (Å²) < 4.78 is 0. The summed E-state index contributed by atoms with van der Waals surface area (Å²) in [6, 6.07) is 0.769. The Kier molecular flexibility index (Phi) is 5.32. The Hall–Kier alpha value is -0.600. The molecule has 0 bridgehead atoms. The molecule has 0 aromatic heterocycles. The van der Waals surface area contributed by atoms with Crippen molar-refractivity contribution in [3.8, 4) is 0 Å². The molecule has 2 fully saturated rings. The summed E-state index contributed by atoms with van der Waals surface area (Å²) in [5.74, 6) is 0. The summed E-state index contributed by atoms with van der Waals surface area (Å²) in [6.45, 7) is 9.45. The molecule has 0 aromatic carbocycles. The fourth-order valence-corrected chi connectivity index (χ4v) is 4.25. The molecule has 2 unspecified atom stereocenters. The van der Waals surface area contributed by atoms with Gasteiger partial charge in [-0.1, -0.05) is 40.5 Å². The van der Waals surface area contributed by atoms with E-state index in [1.165, 1.54) is 38.5 Å². The zero-order valence-corrected chi connectivity index (χ0v) is 14.5. The molecule has 0 spiro atoms. The van der Waals surface area contributed by atoms with Crippen molar-refractivity contribution in [3.05, 3.63) is 4.91 Å². The average molecular weight is 294 g/mol. The Labute approximate surface area is 130 Å². The number of hydrogen-bond donors (Lipinski definition) is 0. The molecule has 122 valence electrons. The second-order valence-corrected chi connectivity index (χ2v) is 8.96. The SMILES string of the molecule is CC1(C)CCCC(N(N=O)C2CCCC(C)(C)CC2)CC1. The highest BCUT2D eigenvalue weighted by Gasteiger charge is 2.33. The Bertz CT molecular complexity index is 321. The molecule has 0 aliphatic heterocycles. The first-order valence-electron chi connectivity index (χ1n) is 8.95. The minimum absolute atomic E-state index is 0.385. The van der Waals surface area contributed by atoms with Gasteiger partial charge in [0.25, 0.3) is 0 Å². The Morgan fingerprint density at radius 3 is 1.57 bits per heavy atom. The van der Waals surface area contributed by atoms with Crippen molar-refractivity contribution in [3.63, 3.8) is 0 Å². The van der Waals surface area contributed by atoms with E-state index in [0.29, 0.717) is 22.9 Å². The van der Waals surface area contributed by atoms with Gasteiger partial charge < -0.3 is 0 Å². The smallest absolute Gasteiger partial charge is 0.0529 e. The van der Waals surface area contributed by atoms with Crippen LogP contribution in [0, 0.1) is 15.7 Å². The van der Waals surface area contributed by atoms with Gasteiger partial charge in [0, 0.05) is 0 Å². The molecular formula is C18H34N2O. The van der Waals surface area contributed by atoms with E-state index in [1.807, 2.05) is 5.01 Å². The molecule has 0 saturated heterocycles. The van der Waals surface area contributed by atoms with Crippen LogP contribution in [0.15, 0.2) is 5.29 Å². The molecule has 2 rings (SSSR count). The minimum Gasteiger partial charge on any atom is -0.255 e. The first kappa shape index (κ1) is 16.8. The second-order valence-electron chi connectivity index (χ2n) is 8.96. The summed E-state index contributed by atoms with van der Waals surface area (Å²) >= 11 is 0. The summed E-state index contributed by atoms with van der Waals surface area (Å²) in [7, 11) is 0. The van der Waals surface area contributed by atoms with Crippen LogP contribution < -0.4 is 0 Å². The third kappa shape index (κ3) is 4.69. The van der Waals surface area contributed by atoms with Gasteiger partial charge in [-0.15, -0.1) is 4.91 Å². The fraction of sp³-hybridized carbons (Fsp3) is 1.00. The lowest BCUT2D eigenvalue weighted by atomic mass is 9.85. The molecule has 0 radical (unpaired) electrons. The van der Waals surface area contributed by atoms with Crippen LogP contribution in [0.2, 0.25) is 0 Å². The van der Waals surface area contributed by atoms with Crippen LogP contribution in [0.4, 0.5) is 0 Å². The molecule has 0 heterocycles. The van der Waals surface area contributed by atoms with E-state index in [2.05, 4.69) is 33.0 Å². The van der Waals surface area contributed by atoms with E-state index in [4.69, 9.17) is 0 Å². The average Bonchev–Trinajstić information content (AvgIpc) is 2.68. The molecule has 2 atom stereocenters. The predicted octanol–water partition coefficient (Wildman–Crippen LogP) is 5.69. The van der Waals surface area contributed by atoms with Gasteiger partial charge in [-0.2, -0.15) is 0 Å². The molecule has 0 aromatic rings. The molecule has 0 N–H and O–H groups in total. The number of hydrogen-bond acceptors (Lipinski definition) is 2. The Morgan fingerprint density at radius 1 is 0.762 bits per heavy atom. The van der Waals surface area contributed by atoms with Crippen LogP contribution >= 0.6 is 0 Å². The first-order chi connectivity index (χ1) is 9.83. The van der Waals surface area contributed by atoms with Crippen molar-refractivity contribution in [2.75, 3.05) is 0 Å². The zero-order valence-electron chi connectivity index (χ0n) is 14.5. The van der Waals surface area contributed by atoms with Crippen LogP contribution in [-0.4, -0.2) is 17.1 Å². The lowest BCUT2D eigenvalue weighted by Gasteiger charge is -2.33. The standard InChI is InChI=1S/C18H34N2O/c1-17(2)11-5-7-15(9-13-17)20(19-21)16-8-6-12-18(3,4)14-10-16/h15-16H,5-14H2,1-4H3. The molecule has 3 heteroatoms. The molecule has 0 amide bonds. The number of nitrogens with zero attached hydrogens (tertiary/aromatic N) is 2. The van der Waals surface area contributed by atoms with Gasteiger partial charge in [-0.25, -0.2) is 0 Å². The molecular weight excluding hydrogens is 260 g/mol. The third-order valence-corrected chi connectivity index (χ3v) is 5.93. The summed E-state index contributed by atoms with van der Waals surface area (Å²) in [5, 5.41) is 5.47. The lowest BCUT2D eigenvalue weighted by molar-refractivity contribution is 0.106. The normalized spacial score (nSPS) is 32.8. The third-order valence-electron chi connectivity index (χ3n) is 5.93. The van der Waals surface area contributed by atoms with Gasteiger partial charge in [0.15, 0.2) is 0 Å². The van der Waals surface area contributed by atoms with Gasteiger partial charge >= 0.3 is 0 Å². The Balaban J connectivity index is 2.00. The van der Waals surface area contributed by atoms with Gasteiger partial charge in [-0.05, 0) is 62.2 Å². The molecule has 2 saturated carbocycles. The van der Waals surface area contributed by atoms with Crippen LogP contribution in [-0.2, 0) is 0 Å². The van der Waals surface area contributed by atoms with Crippen LogP contribution in [0.5, 0.6) is 0 Å². The highest BCUT2D eigenvalue weighted by atomic mass is 16.3. The van der Waals surface area contributed by atoms with Crippen molar-refractivity contribution < 1.29 is 0 Å². The Morgan fingerprint density at radius 2 is 1.19 bits per heavy atom. The van der Waals surface area contributed by atoms with E-state index in [9.17, 15) is 4.91 Å². The summed E-state index contributed by atoms with van der Waals surface area (Å²) in [4.78, 5) is 11.5. The number of nitroso groups, excluding NO2 is 1. The topological polar surface area (TPSA) is 32.7 Å². The molecule has 3 nitrogen and oxygen atoms in total. The summed E-state index contributed by atoms with van der Waals surface area (Å²) in [5.41, 5.74) is 0.878. The lowest BCUT2D eigenvalue weighted by Crippen LogP contribution is -2.39. The fourth-order valence-electron chi connectivity index (χ4n) is 4.25. The highest BCUT2D eigenvalue weighted by molar-refractivity contribution is 4.86. The van der Waals surface area contributed by atoms with E-state index in [0.717, 1.165) is 25.7 Å². The van der Waals surface area contributed by atoms with E-state index >= 15 is 0 Å². The number of rotatable bonds is 3. The van der Waals surface area contributed by atoms with Gasteiger partial charge in [0.1, 0.15) is 0 Å². The minimum atomic E-state index is 0.385. The molecule has 2 aliphatic rings. The monoisotopic (exact) mass is 294 g/mol. The van der Waals surface area contributed by atoms with Gasteiger partial charge in [-0.3, -0.25) is 5.01 Å². The maximum Gasteiger partial charge on any atom is 0.0529 e. The summed E-state index contributed by atoms with van der Waals surface area (Å²) in [6.07, 6.45) is 12.1.